The van der Waals surface area contributed by atoms with E-state index in [4.69, 9.17) is 18.9 Å². The van der Waals surface area contributed by atoms with Crippen LogP contribution in [0.3, 0.4) is 0 Å². The Morgan fingerprint density at radius 1 is 0.245 bits per heavy atom. The molecule has 0 unspecified atom stereocenters. The van der Waals surface area contributed by atoms with Crippen LogP contribution in [0.4, 0.5) is 0 Å². The van der Waals surface area contributed by atoms with Crippen molar-refractivity contribution in [3.05, 3.63) is 0 Å². The Balaban J connectivity index is 0. The van der Waals surface area contributed by atoms with Crippen LogP contribution in [0.1, 0.15) is 233 Å². The Morgan fingerprint density at radius 2 is 0.388 bits per heavy atom. The molecule has 4 saturated heterocycles. The van der Waals surface area contributed by atoms with E-state index in [1.165, 1.54) is 128 Å². The number of aliphatic hydroxyl groups excluding tert-OH is 12. The minimum atomic E-state index is -3.84. The van der Waals surface area contributed by atoms with Gasteiger partial charge in [-0.25, -0.2) is 18.9 Å². The molecular weight excluding hydrogens is 1380 g/mol. The van der Waals surface area contributed by atoms with Gasteiger partial charge in [-0.1, -0.05) is 207 Å². The van der Waals surface area contributed by atoms with Crippen LogP contribution in [0.25, 0.3) is 0 Å². The number of aliphatic hydroxyl groups is 12. The highest BCUT2D eigenvalue weighted by Crippen LogP contribution is 2.19. The first-order valence-corrected chi connectivity index (χ1v) is 41.1. The molecule has 0 bridgehead atoms. The molecule has 0 aromatic carbocycles. The zero-order chi connectivity index (χ0) is 72.0. The van der Waals surface area contributed by atoms with Crippen molar-refractivity contribution in [1.29, 1.82) is 0 Å². The maximum absolute atomic E-state index is 11.9. The van der Waals surface area contributed by atoms with Crippen molar-refractivity contribution in [2.24, 2.45) is 0 Å². The number of unbranched alkanes of at least 4 members (excludes halogenated alkanes) is 28. The molecule has 4 heterocycles. The topological polar surface area (TPSA) is 575 Å². The average Bonchev–Trinajstić information content (AvgIpc) is 0.896. The molecule has 592 valence electrons. The fourth-order valence-electron chi connectivity index (χ4n) is 10.3. The van der Waals surface area contributed by atoms with Crippen LogP contribution in [0.5, 0.6) is 0 Å². The number of hydrogen-bond donors (Lipinski definition) is 20. The summed E-state index contributed by atoms with van der Waals surface area (Å²) in [6.45, 7) is 8.95. The van der Waals surface area contributed by atoms with Gasteiger partial charge in [-0.2, -0.15) is 52.6 Å². The molecule has 4 fully saturated rings. The van der Waals surface area contributed by atoms with Crippen LogP contribution in [0, 0.1) is 0 Å². The van der Waals surface area contributed by atoms with E-state index in [0.29, 0.717) is 26.2 Å². The minimum absolute atomic E-state index is 0. The first-order chi connectivity index (χ1) is 45.5. The number of hydrogen-bond acceptors (Lipinski definition) is 24. The van der Waals surface area contributed by atoms with E-state index in [9.17, 15) is 94.9 Å². The normalized spacial score (nSPS) is 27.6. The van der Waals surface area contributed by atoms with Gasteiger partial charge in [-0.05, 0) is 25.7 Å². The first-order valence-electron chi connectivity index (χ1n) is 35.2. The number of rotatable bonds is 48. The minimum Gasteiger partial charge on any atom is -0.412 e. The van der Waals surface area contributed by atoms with Crippen LogP contribution in [-0.4, -0.2) is 257 Å². The van der Waals surface area contributed by atoms with Gasteiger partial charge < -0.3 is 91.2 Å². The van der Waals surface area contributed by atoms with E-state index in [0.717, 1.165) is 77.0 Å². The van der Waals surface area contributed by atoms with E-state index < -0.39 is 139 Å². The van der Waals surface area contributed by atoms with Crippen molar-refractivity contribution >= 4 is 40.8 Å². The third-order valence-electron chi connectivity index (χ3n) is 16.4. The van der Waals surface area contributed by atoms with Gasteiger partial charge >= 0.3 is 0 Å². The highest BCUT2D eigenvalue weighted by atomic mass is 32.2. The molecule has 0 spiro atoms. The van der Waals surface area contributed by atoms with E-state index in [1.807, 2.05) is 0 Å². The summed E-state index contributed by atoms with van der Waals surface area (Å²) in [4.78, 5) is 0. The second-order valence-corrected chi connectivity index (χ2v) is 31.3. The molecule has 16 atom stereocenters. The van der Waals surface area contributed by atoms with E-state index in [-0.39, 0.29) is 37.4 Å². The molecular formula is C60H132N8O26S4. The van der Waals surface area contributed by atoms with Crippen molar-refractivity contribution < 1.29 is 125 Å². The number of ether oxygens (including phenoxy) is 4. The van der Waals surface area contributed by atoms with Crippen molar-refractivity contribution in [3.63, 3.8) is 0 Å². The van der Waals surface area contributed by atoms with Gasteiger partial charge in [0.05, 0.1) is 26.4 Å². The summed E-state index contributed by atoms with van der Waals surface area (Å²) in [5, 5.41) is 114. The lowest BCUT2D eigenvalue weighted by molar-refractivity contribution is -0.189. The van der Waals surface area contributed by atoms with Gasteiger partial charge in [0.2, 0.25) is 0 Å². The Morgan fingerprint density at radius 3 is 0.541 bits per heavy atom. The zero-order valence-corrected chi connectivity index (χ0v) is 61.7. The summed E-state index contributed by atoms with van der Waals surface area (Å²) in [6, 6.07) is 0. The maximum Gasteiger partial charge on any atom is 0.279 e. The lowest BCUT2D eigenvalue weighted by Gasteiger charge is -2.35. The quantitative estimate of drug-likeness (QED) is 0.0302. The Kier molecular flexibility index (Phi) is 57.5. The van der Waals surface area contributed by atoms with Gasteiger partial charge in [0.25, 0.3) is 40.8 Å². The van der Waals surface area contributed by atoms with E-state index in [1.54, 1.807) is 0 Å². The molecule has 38 heteroatoms. The molecule has 24 N–H and O–H groups in total. The Hall–Kier alpha value is -1.24. The van der Waals surface area contributed by atoms with Gasteiger partial charge in [-0.3, -0.25) is 0 Å². The third-order valence-corrected chi connectivity index (χ3v) is 20.9. The van der Waals surface area contributed by atoms with E-state index >= 15 is 0 Å². The van der Waals surface area contributed by atoms with Crippen molar-refractivity contribution in [1.82, 2.24) is 37.8 Å². The SMILES string of the molecule is CCCCCCCCCCNS(=O)(=O)N[C@H]1OC[C@@H](O)[C@@H](O)[C@@H]1O.CCCCCCCCCCNS(=O)(=O)N[C@H]1OC[C@@H](O)[C@@H](O)[C@@H]1O.CCCCCCCCCCNS(=O)(=O)N[C@H]1OC[C@@H](O)[C@@H](O)[C@@H]1O.CCCCCCCCCCNS(=O)(=O)N[C@H]1OC[C@@H](O)[C@@H](O)[C@@H]1O.O.O. The van der Waals surface area contributed by atoms with Crippen molar-refractivity contribution in [2.75, 3.05) is 52.6 Å². The summed E-state index contributed by atoms with van der Waals surface area (Å²) in [6.07, 6.45) is 13.9. The highest BCUT2D eigenvalue weighted by Gasteiger charge is 2.43. The standard InChI is InChI=1S/4C15H32N2O6S.2H2O/c4*1-2-3-4-5-6-7-8-9-10-16-24(21,22)17-15-14(20)13(19)12(18)11-23-15;;/h4*12-20H,2-11H2,1H3;2*1H2/t4*12-,13-,14+,15+;;/m1111../s1. The summed E-state index contributed by atoms with van der Waals surface area (Å²) >= 11 is 0. The van der Waals surface area contributed by atoms with Crippen molar-refractivity contribution in [2.45, 2.75) is 331 Å². The number of nitrogens with one attached hydrogen (secondary N) is 8. The molecule has 0 saturated carbocycles. The largest absolute Gasteiger partial charge is 0.412 e. The monoisotopic (exact) mass is 1510 g/mol. The molecule has 4 rings (SSSR count). The molecule has 0 aromatic rings. The van der Waals surface area contributed by atoms with Gasteiger partial charge in [-0.15, -0.1) is 0 Å². The Labute approximate surface area is 584 Å². The molecule has 0 aliphatic carbocycles. The summed E-state index contributed by atoms with van der Waals surface area (Å²) < 4.78 is 133. The van der Waals surface area contributed by atoms with E-state index in [2.05, 4.69) is 65.5 Å². The lowest BCUT2D eigenvalue weighted by Crippen LogP contribution is -2.60. The van der Waals surface area contributed by atoms with Crippen LogP contribution in [-0.2, 0) is 59.8 Å². The summed E-state index contributed by atoms with van der Waals surface area (Å²) in [5.74, 6) is 0. The predicted octanol–water partition coefficient (Wildman–Crippen LogP) is -1.69. The Bertz CT molecular complexity index is 2060. The molecule has 0 amide bonds. The summed E-state index contributed by atoms with van der Waals surface area (Å²) in [7, 11) is -15.4. The average molecular weight is 1510 g/mol. The van der Waals surface area contributed by atoms with Crippen LogP contribution in [0.15, 0.2) is 0 Å². The molecule has 98 heavy (non-hydrogen) atoms. The molecule has 0 radical (unpaired) electrons. The fourth-order valence-corrected chi connectivity index (χ4v) is 14.3. The lowest BCUT2D eigenvalue weighted by atomic mass is 10.1. The molecule has 34 nitrogen and oxygen atoms in total. The smallest absolute Gasteiger partial charge is 0.279 e. The molecule has 4 aliphatic heterocycles. The zero-order valence-electron chi connectivity index (χ0n) is 58.4. The molecule has 4 aliphatic rings. The van der Waals surface area contributed by atoms with Gasteiger partial charge in [0.15, 0.2) is 24.9 Å². The van der Waals surface area contributed by atoms with Crippen LogP contribution in [0.2, 0.25) is 0 Å². The fraction of sp³-hybridized carbons (Fsp3) is 1.00. The van der Waals surface area contributed by atoms with Crippen LogP contribution >= 0.6 is 0 Å². The van der Waals surface area contributed by atoms with Crippen LogP contribution < -0.4 is 37.8 Å². The highest BCUT2D eigenvalue weighted by molar-refractivity contribution is 7.88. The second-order valence-electron chi connectivity index (χ2n) is 25.2. The van der Waals surface area contributed by atoms with Gasteiger partial charge in [0.1, 0.15) is 73.2 Å². The van der Waals surface area contributed by atoms with Crippen molar-refractivity contribution in [3.8, 4) is 0 Å². The third kappa shape index (κ3) is 45.9. The maximum atomic E-state index is 11.9. The first kappa shape index (κ1) is 98.8. The molecule has 0 aromatic heterocycles. The predicted molar refractivity (Wildman–Crippen MR) is 369 cm³/mol. The summed E-state index contributed by atoms with van der Waals surface area (Å²) in [5.41, 5.74) is 0. The second kappa shape index (κ2) is 57.1. The van der Waals surface area contributed by atoms with Gasteiger partial charge in [0, 0.05) is 26.2 Å².